The van der Waals surface area contributed by atoms with Crippen LogP contribution >= 0.6 is 11.8 Å². The number of benzene rings is 1. The fourth-order valence-corrected chi connectivity index (χ4v) is 3.44. The number of rotatable bonds is 5. The Balaban J connectivity index is 1.60. The van der Waals surface area contributed by atoms with Gasteiger partial charge in [-0.05, 0) is 37.1 Å². The SMILES string of the molecule is Fc1ccc(NCCSC2CCCCC2)cc1. The van der Waals surface area contributed by atoms with E-state index in [0.29, 0.717) is 0 Å². The Labute approximate surface area is 107 Å². The Kier molecular flexibility index (Phi) is 5.17. The van der Waals surface area contributed by atoms with Crippen molar-refractivity contribution in [3.63, 3.8) is 0 Å². The van der Waals surface area contributed by atoms with Crippen LogP contribution in [0.4, 0.5) is 10.1 Å². The van der Waals surface area contributed by atoms with Crippen LogP contribution in [-0.4, -0.2) is 17.5 Å². The molecule has 1 aliphatic carbocycles. The number of hydrogen-bond donors (Lipinski definition) is 1. The summed E-state index contributed by atoms with van der Waals surface area (Å²) in [5.41, 5.74) is 1.01. The average Bonchev–Trinajstić information content (AvgIpc) is 2.38. The van der Waals surface area contributed by atoms with E-state index in [2.05, 4.69) is 17.1 Å². The molecule has 1 N–H and O–H groups in total. The van der Waals surface area contributed by atoms with E-state index in [1.54, 1.807) is 12.1 Å². The Hall–Kier alpha value is -0.700. The highest BCUT2D eigenvalue weighted by molar-refractivity contribution is 7.99. The lowest BCUT2D eigenvalue weighted by molar-refractivity contribution is 0.516. The summed E-state index contributed by atoms with van der Waals surface area (Å²) < 4.78 is 12.7. The van der Waals surface area contributed by atoms with Gasteiger partial charge in [-0.2, -0.15) is 11.8 Å². The van der Waals surface area contributed by atoms with Crippen molar-refractivity contribution < 1.29 is 4.39 Å². The summed E-state index contributed by atoms with van der Waals surface area (Å²) in [7, 11) is 0. The first-order valence-corrected chi connectivity index (χ1v) is 7.50. The van der Waals surface area contributed by atoms with Crippen LogP contribution in [0, 0.1) is 5.82 Å². The maximum absolute atomic E-state index is 12.7. The van der Waals surface area contributed by atoms with Crippen molar-refractivity contribution in [2.24, 2.45) is 0 Å². The van der Waals surface area contributed by atoms with Crippen LogP contribution in [0.1, 0.15) is 32.1 Å². The Morgan fingerprint density at radius 3 is 2.53 bits per heavy atom. The smallest absolute Gasteiger partial charge is 0.123 e. The third-order valence-electron chi connectivity index (χ3n) is 3.18. The molecule has 1 aromatic rings. The predicted molar refractivity (Wildman–Crippen MR) is 74.2 cm³/mol. The van der Waals surface area contributed by atoms with E-state index in [4.69, 9.17) is 0 Å². The summed E-state index contributed by atoms with van der Waals surface area (Å²) in [6, 6.07) is 6.58. The van der Waals surface area contributed by atoms with Gasteiger partial charge in [0.1, 0.15) is 5.82 Å². The van der Waals surface area contributed by atoms with Gasteiger partial charge < -0.3 is 5.32 Å². The van der Waals surface area contributed by atoms with Gasteiger partial charge >= 0.3 is 0 Å². The molecular formula is C14H20FNS. The number of halogens is 1. The molecule has 0 atom stereocenters. The topological polar surface area (TPSA) is 12.0 Å². The molecule has 2 rings (SSSR count). The fourth-order valence-electron chi connectivity index (χ4n) is 2.22. The molecule has 0 unspecified atom stereocenters. The summed E-state index contributed by atoms with van der Waals surface area (Å²) in [6.45, 7) is 0.965. The van der Waals surface area contributed by atoms with E-state index in [0.717, 1.165) is 23.2 Å². The van der Waals surface area contributed by atoms with E-state index in [1.807, 2.05) is 0 Å². The van der Waals surface area contributed by atoms with Crippen LogP contribution in [0.15, 0.2) is 24.3 Å². The predicted octanol–water partition coefficient (Wildman–Crippen LogP) is 4.30. The quantitative estimate of drug-likeness (QED) is 0.785. The molecule has 0 spiro atoms. The monoisotopic (exact) mass is 253 g/mol. The molecule has 1 saturated carbocycles. The molecule has 1 aromatic carbocycles. The van der Waals surface area contributed by atoms with Crippen molar-refractivity contribution in [2.75, 3.05) is 17.6 Å². The molecule has 17 heavy (non-hydrogen) atoms. The van der Waals surface area contributed by atoms with Crippen LogP contribution in [0.3, 0.4) is 0 Å². The minimum Gasteiger partial charge on any atom is -0.384 e. The van der Waals surface area contributed by atoms with Crippen LogP contribution in [0.2, 0.25) is 0 Å². The lowest BCUT2D eigenvalue weighted by Crippen LogP contribution is -2.12. The van der Waals surface area contributed by atoms with Crippen molar-refractivity contribution in [1.29, 1.82) is 0 Å². The van der Waals surface area contributed by atoms with Crippen LogP contribution in [-0.2, 0) is 0 Å². The van der Waals surface area contributed by atoms with Crippen molar-refractivity contribution >= 4 is 17.4 Å². The highest BCUT2D eigenvalue weighted by atomic mass is 32.2. The highest BCUT2D eigenvalue weighted by Gasteiger charge is 2.12. The van der Waals surface area contributed by atoms with Crippen molar-refractivity contribution in [3.05, 3.63) is 30.1 Å². The first-order chi connectivity index (χ1) is 8.34. The molecule has 0 saturated heterocycles. The molecule has 0 aliphatic heterocycles. The molecule has 0 heterocycles. The molecule has 1 aliphatic rings. The van der Waals surface area contributed by atoms with Crippen molar-refractivity contribution in [2.45, 2.75) is 37.4 Å². The molecule has 3 heteroatoms. The number of thioether (sulfide) groups is 1. The lowest BCUT2D eigenvalue weighted by Gasteiger charge is -2.21. The van der Waals surface area contributed by atoms with Gasteiger partial charge in [0, 0.05) is 23.2 Å². The fraction of sp³-hybridized carbons (Fsp3) is 0.571. The van der Waals surface area contributed by atoms with E-state index in [1.165, 1.54) is 44.2 Å². The third kappa shape index (κ3) is 4.58. The van der Waals surface area contributed by atoms with Crippen LogP contribution in [0.25, 0.3) is 0 Å². The van der Waals surface area contributed by atoms with Crippen molar-refractivity contribution in [1.82, 2.24) is 0 Å². The summed E-state index contributed by atoms with van der Waals surface area (Å²) >= 11 is 2.08. The number of nitrogens with one attached hydrogen (secondary N) is 1. The zero-order valence-electron chi connectivity index (χ0n) is 10.1. The number of hydrogen-bond acceptors (Lipinski definition) is 2. The van der Waals surface area contributed by atoms with Crippen LogP contribution < -0.4 is 5.32 Å². The summed E-state index contributed by atoms with van der Waals surface area (Å²) in [5, 5.41) is 4.20. The van der Waals surface area contributed by atoms with Gasteiger partial charge in [0.2, 0.25) is 0 Å². The van der Waals surface area contributed by atoms with E-state index >= 15 is 0 Å². The van der Waals surface area contributed by atoms with Gasteiger partial charge in [0.25, 0.3) is 0 Å². The molecule has 1 fully saturated rings. The van der Waals surface area contributed by atoms with Gasteiger partial charge in [-0.1, -0.05) is 19.3 Å². The molecule has 94 valence electrons. The largest absolute Gasteiger partial charge is 0.384 e. The van der Waals surface area contributed by atoms with Gasteiger partial charge in [0.05, 0.1) is 0 Å². The Morgan fingerprint density at radius 2 is 1.82 bits per heavy atom. The third-order valence-corrected chi connectivity index (χ3v) is 4.56. The average molecular weight is 253 g/mol. The maximum atomic E-state index is 12.7. The van der Waals surface area contributed by atoms with Crippen LogP contribution in [0.5, 0.6) is 0 Å². The zero-order valence-corrected chi connectivity index (χ0v) is 10.9. The molecule has 0 bridgehead atoms. The normalized spacial score (nSPS) is 17.0. The minimum absolute atomic E-state index is 0.174. The second kappa shape index (κ2) is 6.90. The van der Waals surface area contributed by atoms with Crippen molar-refractivity contribution in [3.8, 4) is 0 Å². The van der Waals surface area contributed by atoms with Gasteiger partial charge in [0.15, 0.2) is 0 Å². The molecule has 0 aromatic heterocycles. The highest BCUT2D eigenvalue weighted by Crippen LogP contribution is 2.27. The lowest BCUT2D eigenvalue weighted by atomic mass is 10.0. The first-order valence-electron chi connectivity index (χ1n) is 6.45. The second-order valence-corrected chi connectivity index (χ2v) is 5.97. The molecule has 0 radical (unpaired) electrons. The van der Waals surface area contributed by atoms with Gasteiger partial charge in [-0.25, -0.2) is 4.39 Å². The molecule has 1 nitrogen and oxygen atoms in total. The van der Waals surface area contributed by atoms with E-state index in [-0.39, 0.29) is 5.82 Å². The Bertz CT molecular complexity index is 319. The summed E-state index contributed by atoms with van der Waals surface area (Å²) in [6.07, 6.45) is 7.01. The molecule has 0 amide bonds. The minimum atomic E-state index is -0.174. The Morgan fingerprint density at radius 1 is 1.12 bits per heavy atom. The van der Waals surface area contributed by atoms with Gasteiger partial charge in [-0.15, -0.1) is 0 Å². The van der Waals surface area contributed by atoms with E-state index in [9.17, 15) is 4.39 Å². The molecular weight excluding hydrogens is 233 g/mol. The number of anilines is 1. The second-order valence-electron chi connectivity index (χ2n) is 4.56. The first kappa shape index (κ1) is 12.7. The van der Waals surface area contributed by atoms with E-state index < -0.39 is 0 Å². The summed E-state index contributed by atoms with van der Waals surface area (Å²) in [4.78, 5) is 0. The summed E-state index contributed by atoms with van der Waals surface area (Å²) in [5.74, 6) is 0.967. The standard InChI is InChI=1S/C14H20FNS/c15-12-6-8-13(9-7-12)16-10-11-17-14-4-2-1-3-5-14/h6-9,14,16H,1-5,10-11H2. The maximum Gasteiger partial charge on any atom is 0.123 e. The van der Waals surface area contributed by atoms with Gasteiger partial charge in [-0.3, -0.25) is 0 Å². The zero-order chi connectivity index (χ0) is 11.9.